The average molecular weight is 418 g/mol. The number of halogens is 2. The van der Waals surface area contributed by atoms with E-state index in [1.807, 2.05) is 0 Å². The Labute approximate surface area is 170 Å². The molecule has 1 aliphatic rings. The van der Waals surface area contributed by atoms with Gasteiger partial charge in [-0.15, -0.1) is 0 Å². The van der Waals surface area contributed by atoms with Gasteiger partial charge in [-0.05, 0) is 29.7 Å². The molecule has 1 N–H and O–H groups in total. The average Bonchev–Trinajstić information content (AvgIpc) is 3.13. The maximum Gasteiger partial charge on any atom is 0.246 e. The second-order valence-corrected chi connectivity index (χ2v) is 7.62. The van der Waals surface area contributed by atoms with E-state index in [1.165, 1.54) is 23.7 Å². The number of phenolic OH excluding ortho intramolecular Hbond substituents is 1. The van der Waals surface area contributed by atoms with Crippen LogP contribution in [0.1, 0.15) is 0 Å². The maximum atomic E-state index is 15.3. The van der Waals surface area contributed by atoms with Crippen LogP contribution >= 0.6 is 23.1 Å². The number of carbonyl (C=O) groups is 1. The molecule has 1 fully saturated rings. The van der Waals surface area contributed by atoms with Crippen LogP contribution in [-0.2, 0) is 4.79 Å². The molecule has 1 amide bonds. The Hall–Kier alpha value is -2.64. The highest BCUT2D eigenvalue weighted by Crippen LogP contribution is 2.43. The fraction of sp³-hybridized carbons (Fsp3) is 0.200. The number of amides is 1. The summed E-state index contributed by atoms with van der Waals surface area (Å²) in [5.41, 5.74) is 0.704. The van der Waals surface area contributed by atoms with Crippen LogP contribution in [0, 0.1) is 5.82 Å². The third-order valence-corrected chi connectivity index (χ3v) is 6.10. The Bertz CT molecular complexity index is 1080. The molecule has 0 saturated carbocycles. The summed E-state index contributed by atoms with van der Waals surface area (Å²) in [4.78, 5) is 15.6. The summed E-state index contributed by atoms with van der Waals surface area (Å²) >= 11 is 7.62. The zero-order valence-corrected chi connectivity index (χ0v) is 16.4. The van der Waals surface area contributed by atoms with E-state index < -0.39 is 5.82 Å². The molecule has 3 aromatic rings. The lowest BCUT2D eigenvalue weighted by atomic mass is 10.0. The number of fused-ring (bicyclic) bond motifs is 1. The number of aromatic hydroxyl groups is 1. The Kier molecular flexibility index (Phi) is 4.95. The van der Waals surface area contributed by atoms with Crippen LogP contribution in [0.25, 0.3) is 22.0 Å². The van der Waals surface area contributed by atoms with E-state index in [1.54, 1.807) is 29.2 Å². The lowest BCUT2D eigenvalue weighted by Crippen LogP contribution is -2.48. The monoisotopic (exact) mass is 417 g/mol. The second-order valence-electron chi connectivity index (χ2n) is 6.46. The minimum absolute atomic E-state index is 0.0406. The van der Waals surface area contributed by atoms with Crippen LogP contribution in [-0.4, -0.2) is 46.5 Å². The van der Waals surface area contributed by atoms with Crippen LogP contribution in [0.3, 0.4) is 0 Å². The summed E-state index contributed by atoms with van der Waals surface area (Å²) in [5.74, 6) is -0.678. The van der Waals surface area contributed by atoms with E-state index in [0.29, 0.717) is 37.1 Å². The molecule has 4 rings (SSSR count). The fourth-order valence-corrected chi connectivity index (χ4v) is 4.62. The Morgan fingerprint density at radius 2 is 2.00 bits per heavy atom. The van der Waals surface area contributed by atoms with Crippen molar-refractivity contribution in [2.24, 2.45) is 0 Å². The number of para-hydroxylation sites is 1. The van der Waals surface area contributed by atoms with Crippen molar-refractivity contribution in [3.8, 4) is 16.9 Å². The first-order valence-corrected chi connectivity index (χ1v) is 9.88. The Morgan fingerprint density at radius 3 is 2.68 bits per heavy atom. The summed E-state index contributed by atoms with van der Waals surface area (Å²) in [5, 5.41) is 11.8. The fourth-order valence-electron chi connectivity index (χ4n) is 3.42. The highest BCUT2D eigenvalue weighted by Gasteiger charge is 2.25. The summed E-state index contributed by atoms with van der Waals surface area (Å²) < 4.78 is 19.6. The zero-order chi connectivity index (χ0) is 19.8. The summed E-state index contributed by atoms with van der Waals surface area (Å²) in [6.45, 7) is 5.89. The number of hydrogen-bond donors (Lipinski definition) is 1. The van der Waals surface area contributed by atoms with Crippen LogP contribution in [0.2, 0.25) is 5.02 Å². The van der Waals surface area contributed by atoms with Gasteiger partial charge in [0, 0.05) is 42.7 Å². The first kappa shape index (κ1) is 18.7. The van der Waals surface area contributed by atoms with E-state index in [-0.39, 0.29) is 27.8 Å². The van der Waals surface area contributed by atoms with Crippen molar-refractivity contribution in [3.63, 3.8) is 0 Å². The smallest absolute Gasteiger partial charge is 0.246 e. The van der Waals surface area contributed by atoms with Crippen molar-refractivity contribution in [3.05, 3.63) is 53.8 Å². The van der Waals surface area contributed by atoms with E-state index >= 15 is 4.39 Å². The van der Waals surface area contributed by atoms with Gasteiger partial charge >= 0.3 is 0 Å². The van der Waals surface area contributed by atoms with Gasteiger partial charge in [0.1, 0.15) is 16.3 Å². The predicted molar refractivity (Wildman–Crippen MR) is 111 cm³/mol. The molecule has 0 bridgehead atoms. The molecule has 1 aliphatic heterocycles. The van der Waals surface area contributed by atoms with Crippen LogP contribution in [0.5, 0.6) is 5.75 Å². The first-order chi connectivity index (χ1) is 13.5. The molecule has 2 aromatic carbocycles. The van der Waals surface area contributed by atoms with Crippen molar-refractivity contribution in [2.75, 3.05) is 31.1 Å². The minimum Gasteiger partial charge on any atom is -0.507 e. The summed E-state index contributed by atoms with van der Waals surface area (Å²) in [6.07, 6.45) is 1.31. The molecule has 144 valence electrons. The lowest BCUT2D eigenvalue weighted by molar-refractivity contribution is -0.126. The molecular weight excluding hydrogens is 401 g/mol. The predicted octanol–water partition coefficient (Wildman–Crippen LogP) is 4.30. The van der Waals surface area contributed by atoms with Crippen molar-refractivity contribution >= 4 is 44.9 Å². The molecular formula is C20H17ClFN3O2S. The number of rotatable bonds is 3. The quantitative estimate of drug-likeness (QED) is 0.646. The topological polar surface area (TPSA) is 56.7 Å². The number of hydrogen-bond acceptors (Lipinski definition) is 5. The minimum atomic E-state index is -0.549. The standard InChI is InChI=1S/C20H17ClFN3O2S/c1-2-16(27)24-7-9-25(10-8-24)20-13-11-14(21)17(18(22)19(13)23-28-20)12-5-3-4-6-15(12)26/h2-6,11,26H,1,7-10H2. The van der Waals surface area contributed by atoms with E-state index in [0.717, 1.165) is 5.00 Å². The van der Waals surface area contributed by atoms with Gasteiger partial charge in [-0.1, -0.05) is 36.4 Å². The molecule has 0 atom stereocenters. The van der Waals surface area contributed by atoms with Gasteiger partial charge in [0.2, 0.25) is 5.91 Å². The van der Waals surface area contributed by atoms with Crippen LogP contribution in [0.4, 0.5) is 9.39 Å². The first-order valence-electron chi connectivity index (χ1n) is 8.73. The third-order valence-electron chi connectivity index (χ3n) is 4.87. The SMILES string of the molecule is C=CC(=O)N1CCN(c2snc3c(F)c(-c4ccccc4O)c(Cl)cc23)CC1. The summed E-state index contributed by atoms with van der Waals surface area (Å²) in [6, 6.07) is 8.19. The van der Waals surface area contributed by atoms with E-state index in [9.17, 15) is 9.90 Å². The highest BCUT2D eigenvalue weighted by molar-refractivity contribution is 7.11. The highest BCUT2D eigenvalue weighted by atomic mass is 35.5. The van der Waals surface area contributed by atoms with Gasteiger partial charge in [-0.25, -0.2) is 4.39 Å². The number of phenols is 1. The molecule has 1 aromatic heterocycles. The van der Waals surface area contributed by atoms with Crippen molar-refractivity contribution < 1.29 is 14.3 Å². The third kappa shape index (κ3) is 3.10. The van der Waals surface area contributed by atoms with Crippen molar-refractivity contribution in [1.29, 1.82) is 0 Å². The largest absolute Gasteiger partial charge is 0.507 e. The van der Waals surface area contributed by atoms with Crippen LogP contribution < -0.4 is 4.90 Å². The number of anilines is 1. The summed E-state index contributed by atoms with van der Waals surface area (Å²) in [7, 11) is 0. The van der Waals surface area contributed by atoms with Gasteiger partial charge in [0.25, 0.3) is 0 Å². The van der Waals surface area contributed by atoms with Crippen LogP contribution in [0.15, 0.2) is 43.0 Å². The zero-order valence-electron chi connectivity index (χ0n) is 14.9. The van der Waals surface area contributed by atoms with Gasteiger partial charge in [-0.2, -0.15) is 4.37 Å². The lowest BCUT2D eigenvalue weighted by Gasteiger charge is -2.34. The van der Waals surface area contributed by atoms with Crippen molar-refractivity contribution in [2.45, 2.75) is 0 Å². The molecule has 0 unspecified atom stereocenters. The number of piperazine rings is 1. The molecule has 0 radical (unpaired) electrons. The van der Waals surface area contributed by atoms with Gasteiger partial charge in [-0.3, -0.25) is 4.79 Å². The molecule has 28 heavy (non-hydrogen) atoms. The Balaban J connectivity index is 1.71. The molecule has 1 saturated heterocycles. The molecule has 0 aliphatic carbocycles. The van der Waals surface area contributed by atoms with Gasteiger partial charge in [0.05, 0.1) is 5.02 Å². The van der Waals surface area contributed by atoms with Crippen molar-refractivity contribution in [1.82, 2.24) is 9.27 Å². The number of carbonyl (C=O) groups excluding carboxylic acids is 1. The molecule has 8 heteroatoms. The van der Waals surface area contributed by atoms with Gasteiger partial charge < -0.3 is 14.9 Å². The second kappa shape index (κ2) is 7.41. The van der Waals surface area contributed by atoms with E-state index in [2.05, 4.69) is 15.9 Å². The molecule has 0 spiro atoms. The molecule has 2 heterocycles. The molecule has 5 nitrogen and oxygen atoms in total. The van der Waals surface area contributed by atoms with Gasteiger partial charge in [0.15, 0.2) is 5.82 Å². The number of aromatic nitrogens is 1. The maximum absolute atomic E-state index is 15.3. The number of nitrogens with zero attached hydrogens (tertiary/aromatic N) is 3. The normalized spacial score (nSPS) is 14.5. The van der Waals surface area contributed by atoms with E-state index in [4.69, 9.17) is 11.6 Å². The Morgan fingerprint density at radius 1 is 1.29 bits per heavy atom. The number of benzene rings is 2.